The second-order valence-electron chi connectivity index (χ2n) is 14.5. The third-order valence-electron chi connectivity index (χ3n) is 10.9. The Morgan fingerprint density at radius 1 is 0.397 bits per heavy atom. The Morgan fingerprint density at radius 2 is 0.931 bits per heavy atom. The maximum absolute atomic E-state index is 5.46. The summed E-state index contributed by atoms with van der Waals surface area (Å²) < 4.78 is 0. The van der Waals surface area contributed by atoms with E-state index in [1.54, 1.807) is 0 Å². The van der Waals surface area contributed by atoms with Crippen LogP contribution in [0.25, 0.3) is 94.8 Å². The average molecular weight is 743 g/mol. The summed E-state index contributed by atoms with van der Waals surface area (Å²) in [5.41, 5.74) is 17.4. The Balaban J connectivity index is 1.21. The third-order valence-corrected chi connectivity index (χ3v) is 10.9. The van der Waals surface area contributed by atoms with E-state index in [4.69, 9.17) is 9.97 Å². The maximum atomic E-state index is 5.46. The highest BCUT2D eigenvalue weighted by Gasteiger charge is 2.19. The van der Waals surface area contributed by atoms with Gasteiger partial charge in [0.2, 0.25) is 0 Å². The van der Waals surface area contributed by atoms with Crippen LogP contribution in [0.15, 0.2) is 213 Å². The van der Waals surface area contributed by atoms with Crippen molar-refractivity contribution >= 4 is 16.5 Å². The van der Waals surface area contributed by atoms with E-state index in [9.17, 15) is 0 Å². The van der Waals surface area contributed by atoms with Crippen molar-refractivity contribution < 1.29 is 0 Å². The molecule has 2 aromatic heterocycles. The predicted octanol–water partition coefficient (Wildman–Crippen LogP) is 13.2. The monoisotopic (exact) mass is 742 g/mol. The van der Waals surface area contributed by atoms with Gasteiger partial charge in [0.1, 0.15) is 0 Å². The predicted molar refractivity (Wildman–Crippen MR) is 241 cm³/mol. The van der Waals surface area contributed by atoms with Crippen LogP contribution in [0.1, 0.15) is 5.56 Å². The van der Waals surface area contributed by atoms with Gasteiger partial charge in [-0.1, -0.05) is 152 Å². The van der Waals surface area contributed by atoms with Crippen molar-refractivity contribution in [2.75, 3.05) is 6.54 Å². The number of hydrogen-bond donors (Lipinski definition) is 1. The first-order chi connectivity index (χ1) is 28.7. The Hall–Kier alpha value is -7.69. The van der Waals surface area contributed by atoms with Crippen LogP contribution in [0.2, 0.25) is 0 Å². The summed E-state index contributed by atoms with van der Waals surface area (Å²) in [7, 11) is 0. The highest BCUT2D eigenvalue weighted by molar-refractivity contribution is 6.05. The molecule has 0 atom stereocenters. The lowest BCUT2D eigenvalue weighted by atomic mass is 9.91. The molecular weight excluding hydrogens is 705 g/mol. The molecule has 1 N–H and O–H groups in total. The molecule has 3 heterocycles. The van der Waals surface area contributed by atoms with Gasteiger partial charge in [0.15, 0.2) is 5.82 Å². The number of pyridine rings is 1. The number of aromatic nitrogens is 3. The first kappa shape index (κ1) is 34.8. The molecular formula is C54H38N4. The summed E-state index contributed by atoms with van der Waals surface area (Å²) in [6.45, 7) is 0.817. The number of hydrogen-bond acceptors (Lipinski definition) is 4. The third kappa shape index (κ3) is 7.00. The lowest BCUT2D eigenvalue weighted by Gasteiger charge is -2.17. The Morgan fingerprint density at radius 3 is 1.59 bits per heavy atom. The molecule has 0 saturated carbocycles. The summed E-state index contributed by atoms with van der Waals surface area (Å²) in [5, 5.41) is 4.24. The van der Waals surface area contributed by atoms with Gasteiger partial charge < -0.3 is 5.32 Å². The summed E-state index contributed by atoms with van der Waals surface area (Å²) >= 11 is 0. The van der Waals surface area contributed by atoms with Crippen molar-refractivity contribution in [3.63, 3.8) is 0 Å². The largest absolute Gasteiger partial charge is 0.387 e. The Bertz CT molecular complexity index is 2950. The zero-order valence-electron chi connectivity index (χ0n) is 31.8. The number of rotatable bonds is 8. The Labute approximate surface area is 338 Å². The van der Waals surface area contributed by atoms with Gasteiger partial charge in [0.25, 0.3) is 0 Å². The van der Waals surface area contributed by atoms with E-state index in [0.29, 0.717) is 5.82 Å². The molecule has 1 aliphatic rings. The van der Waals surface area contributed by atoms with Crippen LogP contribution in [-0.2, 0) is 0 Å². The topological polar surface area (TPSA) is 50.7 Å². The number of benzene rings is 7. The van der Waals surface area contributed by atoms with Crippen LogP contribution < -0.4 is 5.32 Å². The number of allylic oxidation sites excluding steroid dienone is 2. The molecule has 0 fully saturated rings. The first-order valence-corrected chi connectivity index (χ1v) is 19.6. The van der Waals surface area contributed by atoms with E-state index in [1.165, 1.54) is 22.3 Å². The van der Waals surface area contributed by atoms with E-state index in [2.05, 4.69) is 192 Å². The van der Waals surface area contributed by atoms with Crippen molar-refractivity contribution in [2.45, 2.75) is 0 Å². The number of fused-ring (bicyclic) bond motifs is 1. The molecule has 0 aliphatic carbocycles. The fourth-order valence-electron chi connectivity index (χ4n) is 7.82. The molecule has 0 radical (unpaired) electrons. The van der Waals surface area contributed by atoms with E-state index >= 15 is 0 Å². The van der Waals surface area contributed by atoms with Crippen molar-refractivity contribution in [3.05, 3.63) is 218 Å². The minimum Gasteiger partial charge on any atom is -0.387 e. The lowest BCUT2D eigenvalue weighted by Crippen LogP contribution is -2.08. The van der Waals surface area contributed by atoms with Crippen LogP contribution in [0.5, 0.6) is 0 Å². The minimum absolute atomic E-state index is 0.682. The zero-order valence-corrected chi connectivity index (χ0v) is 31.8. The molecule has 274 valence electrons. The number of nitrogens with one attached hydrogen (secondary N) is 1. The summed E-state index contributed by atoms with van der Waals surface area (Å²) in [6, 6.07) is 64.7. The van der Waals surface area contributed by atoms with Crippen LogP contribution in [0.4, 0.5) is 0 Å². The van der Waals surface area contributed by atoms with Gasteiger partial charge in [-0.2, -0.15) is 0 Å². The molecule has 0 saturated heterocycles. The van der Waals surface area contributed by atoms with Crippen LogP contribution in [0.3, 0.4) is 0 Å². The van der Waals surface area contributed by atoms with Crippen LogP contribution >= 0.6 is 0 Å². The SMILES string of the molecule is C1=CC(c2ccc(-c3nc(-c4ccc(-c5ccncc5)cc4)c4cc(-c5cccc(-c6ccccc6)c5)cc(-c5cccc(-c6ccccc6)c5)c4n3)cc2)=CCN1. The quantitative estimate of drug-likeness (QED) is 0.168. The first-order valence-electron chi connectivity index (χ1n) is 19.6. The smallest absolute Gasteiger partial charge is 0.160 e. The normalized spacial score (nSPS) is 12.2. The van der Waals surface area contributed by atoms with Crippen molar-refractivity contribution in [3.8, 4) is 78.3 Å². The van der Waals surface area contributed by atoms with Crippen molar-refractivity contribution in [1.82, 2.24) is 20.3 Å². The van der Waals surface area contributed by atoms with Crippen molar-refractivity contribution in [1.29, 1.82) is 0 Å². The number of dihydropyridines is 1. The second kappa shape index (κ2) is 15.4. The van der Waals surface area contributed by atoms with Crippen LogP contribution in [0, 0.1) is 0 Å². The van der Waals surface area contributed by atoms with Crippen LogP contribution in [-0.4, -0.2) is 21.5 Å². The standard InChI is InChI=1S/C54H38N4/c1-3-9-37(10-4-1)45-13-7-15-47(33-45)49-35-50(48-16-8-14-46(34-48)38-11-5-2-6-12-38)53-51(36-49)52(43-21-17-39(18-22-43)41-25-29-55-30-26-41)57-54(58-53)44-23-19-40(20-24-44)42-27-31-56-32-28-42/h1-31,33-36,56H,32H2. The van der Waals surface area contributed by atoms with Gasteiger partial charge in [-0.15, -0.1) is 0 Å². The van der Waals surface area contributed by atoms with Gasteiger partial charge in [-0.3, -0.25) is 4.98 Å². The zero-order chi connectivity index (χ0) is 38.7. The molecule has 1 aliphatic heterocycles. The molecule has 9 aromatic rings. The fraction of sp³-hybridized carbons (Fsp3) is 0.0185. The molecule has 10 rings (SSSR count). The average Bonchev–Trinajstić information content (AvgIpc) is 3.32. The van der Waals surface area contributed by atoms with E-state index in [-0.39, 0.29) is 0 Å². The lowest BCUT2D eigenvalue weighted by molar-refractivity contribution is 0.976. The van der Waals surface area contributed by atoms with Gasteiger partial charge >= 0.3 is 0 Å². The second-order valence-corrected chi connectivity index (χ2v) is 14.5. The molecule has 0 unspecified atom stereocenters. The maximum Gasteiger partial charge on any atom is 0.160 e. The van der Waals surface area contributed by atoms with E-state index in [1.807, 2.05) is 30.7 Å². The molecule has 0 bridgehead atoms. The van der Waals surface area contributed by atoms with Gasteiger partial charge in [-0.25, -0.2) is 9.97 Å². The molecule has 7 aromatic carbocycles. The van der Waals surface area contributed by atoms with Gasteiger partial charge in [-0.05, 0) is 110 Å². The molecule has 0 amide bonds. The van der Waals surface area contributed by atoms with E-state index in [0.717, 1.165) is 78.8 Å². The molecule has 4 nitrogen and oxygen atoms in total. The Kier molecular flexibility index (Phi) is 9.26. The molecule has 58 heavy (non-hydrogen) atoms. The minimum atomic E-state index is 0.682. The summed E-state index contributed by atoms with van der Waals surface area (Å²) in [6.07, 6.45) is 9.99. The number of nitrogens with zero attached hydrogens (tertiary/aromatic N) is 3. The van der Waals surface area contributed by atoms with Gasteiger partial charge in [0.05, 0.1) is 11.2 Å². The van der Waals surface area contributed by atoms with E-state index < -0.39 is 0 Å². The summed E-state index contributed by atoms with van der Waals surface area (Å²) in [5.74, 6) is 0.682. The highest BCUT2D eigenvalue weighted by atomic mass is 14.9. The fourth-order valence-corrected chi connectivity index (χ4v) is 7.82. The molecule has 0 spiro atoms. The molecule has 4 heteroatoms. The summed E-state index contributed by atoms with van der Waals surface area (Å²) in [4.78, 5) is 15.1. The highest BCUT2D eigenvalue weighted by Crippen LogP contribution is 2.40. The van der Waals surface area contributed by atoms with Crippen molar-refractivity contribution in [2.24, 2.45) is 0 Å². The van der Waals surface area contributed by atoms with Gasteiger partial charge in [0, 0.05) is 41.0 Å².